The summed E-state index contributed by atoms with van der Waals surface area (Å²) in [6.07, 6.45) is 5.30. The molecule has 3 nitrogen and oxygen atoms in total. The van der Waals surface area contributed by atoms with Gasteiger partial charge in [0.2, 0.25) is 0 Å². The predicted octanol–water partition coefficient (Wildman–Crippen LogP) is 2.62. The van der Waals surface area contributed by atoms with Gasteiger partial charge < -0.3 is 10.1 Å². The number of carbonyl (C=O) groups is 1. The minimum absolute atomic E-state index is 0.282. The molecule has 1 unspecified atom stereocenters. The van der Waals surface area contributed by atoms with E-state index >= 15 is 0 Å². The highest BCUT2D eigenvalue weighted by Gasteiger charge is 2.33. The summed E-state index contributed by atoms with van der Waals surface area (Å²) in [6, 6.07) is 0.282. The van der Waals surface area contributed by atoms with Gasteiger partial charge >= 0.3 is 6.09 Å². The molecule has 3 heteroatoms. The van der Waals surface area contributed by atoms with Crippen LogP contribution in [0.4, 0.5) is 4.79 Å². The molecule has 15 heavy (non-hydrogen) atoms. The van der Waals surface area contributed by atoms with Crippen LogP contribution in [0.3, 0.4) is 0 Å². The number of allylic oxidation sites excluding steroid dienone is 1. The summed E-state index contributed by atoms with van der Waals surface area (Å²) in [5.74, 6) is 0.765. The van der Waals surface area contributed by atoms with Crippen molar-refractivity contribution in [3.8, 4) is 0 Å². The van der Waals surface area contributed by atoms with Crippen LogP contribution >= 0.6 is 0 Å². The molecule has 1 fully saturated rings. The second kappa shape index (κ2) is 3.54. The van der Waals surface area contributed by atoms with Gasteiger partial charge in [-0.25, -0.2) is 4.79 Å². The highest BCUT2D eigenvalue weighted by atomic mass is 16.6. The molecule has 0 heterocycles. The van der Waals surface area contributed by atoms with E-state index in [-0.39, 0.29) is 12.1 Å². The van der Waals surface area contributed by atoms with Crippen molar-refractivity contribution < 1.29 is 9.53 Å². The monoisotopic (exact) mass is 209 g/mol. The molecule has 0 aromatic heterocycles. The standard InChI is InChI=1S/C12H19NO2/c1-12(2,3)15-11(14)13-10-5-4-8-6-9(8)7-10/h6,8,10H,4-5,7H2,1-3H3,(H,13,14)/t8?,10-/m0/s1. The van der Waals surface area contributed by atoms with Gasteiger partial charge in [-0.05, 0) is 46.0 Å². The number of alkyl carbamates (subject to hydrolysis) is 1. The Kier molecular flexibility index (Phi) is 2.49. The molecule has 2 rings (SSSR count). The number of nitrogens with one attached hydrogen (secondary N) is 1. The van der Waals surface area contributed by atoms with Crippen molar-refractivity contribution in [3.63, 3.8) is 0 Å². The number of amides is 1. The normalized spacial score (nSPS) is 28.9. The zero-order chi connectivity index (χ0) is 11.1. The number of hydrogen-bond acceptors (Lipinski definition) is 2. The van der Waals surface area contributed by atoms with Crippen LogP contribution in [0, 0.1) is 5.92 Å². The molecule has 1 saturated carbocycles. The van der Waals surface area contributed by atoms with E-state index < -0.39 is 5.60 Å². The smallest absolute Gasteiger partial charge is 0.407 e. The summed E-state index contributed by atoms with van der Waals surface area (Å²) in [5.41, 5.74) is 1.11. The summed E-state index contributed by atoms with van der Waals surface area (Å²) in [7, 11) is 0. The molecule has 0 aliphatic heterocycles. The fraction of sp³-hybridized carbons (Fsp3) is 0.750. The summed E-state index contributed by atoms with van der Waals surface area (Å²) in [5, 5.41) is 2.93. The van der Waals surface area contributed by atoms with E-state index in [1.165, 1.54) is 12.0 Å². The van der Waals surface area contributed by atoms with Crippen molar-refractivity contribution in [3.05, 3.63) is 11.6 Å². The van der Waals surface area contributed by atoms with Gasteiger partial charge in [0.1, 0.15) is 5.60 Å². The Morgan fingerprint density at radius 1 is 1.47 bits per heavy atom. The molecule has 84 valence electrons. The van der Waals surface area contributed by atoms with E-state index in [0.29, 0.717) is 0 Å². The van der Waals surface area contributed by atoms with Gasteiger partial charge in [0.05, 0.1) is 0 Å². The minimum Gasteiger partial charge on any atom is -0.444 e. The van der Waals surface area contributed by atoms with Gasteiger partial charge in [-0.2, -0.15) is 0 Å². The Morgan fingerprint density at radius 2 is 2.20 bits per heavy atom. The molecule has 2 aliphatic carbocycles. The largest absolute Gasteiger partial charge is 0.444 e. The molecule has 2 atom stereocenters. The Bertz CT molecular complexity index is 301. The van der Waals surface area contributed by atoms with Crippen molar-refractivity contribution in [2.24, 2.45) is 5.92 Å². The third-order valence-corrected chi connectivity index (χ3v) is 2.81. The summed E-state index contributed by atoms with van der Waals surface area (Å²) < 4.78 is 5.22. The number of carbonyl (C=O) groups excluding carboxylic acids is 1. The molecule has 0 spiro atoms. The molecule has 0 bridgehead atoms. The van der Waals surface area contributed by atoms with Gasteiger partial charge in [-0.15, -0.1) is 0 Å². The lowest BCUT2D eigenvalue weighted by atomic mass is 9.95. The van der Waals surface area contributed by atoms with Crippen molar-refractivity contribution in [1.82, 2.24) is 5.32 Å². The average Bonchev–Trinajstić information content (AvgIpc) is 2.77. The van der Waals surface area contributed by atoms with Crippen LogP contribution in [0.15, 0.2) is 11.6 Å². The van der Waals surface area contributed by atoms with Crippen LogP contribution < -0.4 is 5.32 Å². The van der Waals surface area contributed by atoms with Gasteiger partial charge in [-0.3, -0.25) is 0 Å². The van der Waals surface area contributed by atoms with Crippen LogP contribution in [-0.2, 0) is 4.74 Å². The van der Waals surface area contributed by atoms with Crippen LogP contribution in [-0.4, -0.2) is 17.7 Å². The summed E-state index contributed by atoms with van der Waals surface area (Å²) in [6.45, 7) is 5.65. The first kappa shape index (κ1) is 10.5. The third kappa shape index (κ3) is 2.98. The zero-order valence-electron chi connectivity index (χ0n) is 9.67. The zero-order valence-corrected chi connectivity index (χ0v) is 9.67. The van der Waals surface area contributed by atoms with Crippen LogP contribution in [0.1, 0.15) is 40.0 Å². The fourth-order valence-electron chi connectivity index (χ4n) is 2.06. The number of fused-ring (bicyclic) bond motifs is 1. The third-order valence-electron chi connectivity index (χ3n) is 2.81. The topological polar surface area (TPSA) is 38.3 Å². The lowest BCUT2D eigenvalue weighted by molar-refractivity contribution is 0.0498. The number of ether oxygens (including phenoxy) is 1. The summed E-state index contributed by atoms with van der Waals surface area (Å²) >= 11 is 0. The van der Waals surface area contributed by atoms with Crippen molar-refractivity contribution in [1.29, 1.82) is 0 Å². The van der Waals surface area contributed by atoms with Crippen LogP contribution in [0.2, 0.25) is 0 Å². The molecule has 0 aromatic carbocycles. The van der Waals surface area contributed by atoms with Gasteiger partial charge in [-0.1, -0.05) is 11.6 Å². The Hall–Kier alpha value is -0.990. The van der Waals surface area contributed by atoms with Crippen molar-refractivity contribution in [2.45, 2.75) is 51.7 Å². The van der Waals surface area contributed by atoms with Gasteiger partial charge in [0.25, 0.3) is 0 Å². The maximum atomic E-state index is 11.5. The second-order valence-electron chi connectivity index (χ2n) is 5.47. The number of hydrogen-bond donors (Lipinski definition) is 1. The van der Waals surface area contributed by atoms with Gasteiger partial charge in [0.15, 0.2) is 0 Å². The lowest BCUT2D eigenvalue weighted by Gasteiger charge is -2.25. The Morgan fingerprint density at radius 3 is 2.80 bits per heavy atom. The van der Waals surface area contributed by atoms with E-state index in [0.717, 1.165) is 18.8 Å². The minimum atomic E-state index is -0.403. The average molecular weight is 209 g/mol. The van der Waals surface area contributed by atoms with Crippen LogP contribution in [0.5, 0.6) is 0 Å². The molecular weight excluding hydrogens is 190 g/mol. The maximum absolute atomic E-state index is 11.5. The molecule has 2 aliphatic rings. The molecule has 1 N–H and O–H groups in total. The first-order valence-corrected chi connectivity index (χ1v) is 5.64. The number of rotatable bonds is 1. The SMILES string of the molecule is CC(C)(C)OC(=O)N[C@H]1CCC2C=C2C1. The van der Waals surface area contributed by atoms with E-state index in [1.807, 2.05) is 20.8 Å². The maximum Gasteiger partial charge on any atom is 0.407 e. The Balaban J connectivity index is 1.76. The van der Waals surface area contributed by atoms with E-state index in [4.69, 9.17) is 4.74 Å². The summed E-state index contributed by atoms with van der Waals surface area (Å²) in [4.78, 5) is 11.5. The molecule has 0 saturated heterocycles. The quantitative estimate of drug-likeness (QED) is 0.674. The molecule has 0 radical (unpaired) electrons. The highest BCUT2D eigenvalue weighted by Crippen LogP contribution is 2.41. The molecule has 0 aromatic rings. The van der Waals surface area contributed by atoms with Crippen LogP contribution in [0.25, 0.3) is 0 Å². The molecular formula is C12H19NO2. The van der Waals surface area contributed by atoms with E-state index in [1.54, 1.807) is 0 Å². The fourth-order valence-corrected chi connectivity index (χ4v) is 2.06. The second-order valence-corrected chi connectivity index (χ2v) is 5.47. The highest BCUT2D eigenvalue weighted by molar-refractivity contribution is 5.68. The van der Waals surface area contributed by atoms with Crippen molar-refractivity contribution >= 4 is 6.09 Å². The van der Waals surface area contributed by atoms with Gasteiger partial charge in [0, 0.05) is 6.04 Å². The van der Waals surface area contributed by atoms with E-state index in [2.05, 4.69) is 11.4 Å². The molecule has 1 amide bonds. The van der Waals surface area contributed by atoms with Crippen molar-refractivity contribution in [2.75, 3.05) is 0 Å². The predicted molar refractivity (Wildman–Crippen MR) is 58.6 cm³/mol. The first-order chi connectivity index (χ1) is 6.94. The lowest BCUT2D eigenvalue weighted by Crippen LogP contribution is -2.40. The first-order valence-electron chi connectivity index (χ1n) is 5.64. The van der Waals surface area contributed by atoms with E-state index in [9.17, 15) is 4.79 Å². The Labute approximate surface area is 90.9 Å².